The number of nitrogens with zero attached hydrogens (tertiary/aromatic N) is 1. The van der Waals surface area contributed by atoms with E-state index in [0.29, 0.717) is 10.8 Å². The van der Waals surface area contributed by atoms with Gasteiger partial charge in [0.25, 0.3) is 0 Å². The van der Waals surface area contributed by atoms with Gasteiger partial charge >= 0.3 is 0 Å². The predicted octanol–water partition coefficient (Wildman–Crippen LogP) is 13.9. The van der Waals surface area contributed by atoms with Gasteiger partial charge in [-0.2, -0.15) is 0 Å². The fourth-order valence-electron chi connectivity index (χ4n) is 11.8. The highest BCUT2D eigenvalue weighted by molar-refractivity contribution is 6.04. The molecule has 4 aliphatic carbocycles. The van der Waals surface area contributed by atoms with Crippen molar-refractivity contribution >= 4 is 27.8 Å². The SMILES string of the molecule is CC(C)(C)c1ccc(N(c2cc(C(C)(C)C)ccc2-c2ccccc2)c2ccccc2-c2cccc3cccc(C45CC6CC7CC(C4)C765)c23)cc1. The Morgan fingerprint density at radius 2 is 1.13 bits per heavy atom. The molecule has 1 heteroatoms. The molecule has 2 unspecified atom stereocenters. The average Bonchev–Trinajstić information content (AvgIpc) is 3.10. The largest absolute Gasteiger partial charge is 0.309 e. The van der Waals surface area contributed by atoms with Gasteiger partial charge in [0.1, 0.15) is 0 Å². The Labute approximate surface area is 310 Å². The zero-order valence-corrected chi connectivity index (χ0v) is 31.7. The molecule has 260 valence electrons. The number of fused-ring (bicyclic) bond motifs is 1. The summed E-state index contributed by atoms with van der Waals surface area (Å²) in [7, 11) is 0. The van der Waals surface area contributed by atoms with E-state index in [0.717, 1.165) is 17.8 Å². The van der Waals surface area contributed by atoms with Crippen molar-refractivity contribution in [2.45, 2.75) is 83.5 Å². The van der Waals surface area contributed by atoms with Gasteiger partial charge in [-0.3, -0.25) is 0 Å². The first kappa shape index (κ1) is 32.1. The van der Waals surface area contributed by atoms with Gasteiger partial charge in [0, 0.05) is 22.2 Å². The number of benzene rings is 6. The minimum atomic E-state index is -0.00330. The van der Waals surface area contributed by atoms with Gasteiger partial charge in [-0.1, -0.05) is 151 Å². The van der Waals surface area contributed by atoms with Gasteiger partial charge in [0.2, 0.25) is 0 Å². The fraction of sp³-hybridized carbons (Fsp3) is 0.333. The van der Waals surface area contributed by atoms with E-state index in [2.05, 4.69) is 180 Å². The van der Waals surface area contributed by atoms with E-state index >= 15 is 0 Å². The van der Waals surface area contributed by atoms with Crippen LogP contribution in [-0.2, 0) is 16.2 Å². The Morgan fingerprint density at radius 3 is 1.79 bits per heavy atom. The predicted molar refractivity (Wildman–Crippen MR) is 220 cm³/mol. The normalized spacial score (nSPS) is 25.5. The van der Waals surface area contributed by atoms with Crippen LogP contribution in [0.1, 0.15) is 83.9 Å². The van der Waals surface area contributed by atoms with E-state index in [4.69, 9.17) is 0 Å². The molecule has 4 fully saturated rings. The second-order valence-electron chi connectivity index (χ2n) is 18.7. The maximum absolute atomic E-state index is 2.56. The van der Waals surface area contributed by atoms with Crippen LogP contribution in [0.15, 0.2) is 133 Å². The van der Waals surface area contributed by atoms with Crippen LogP contribution in [-0.4, -0.2) is 0 Å². The summed E-state index contributed by atoms with van der Waals surface area (Å²) in [6.45, 7) is 13.9. The third kappa shape index (κ3) is 4.29. The minimum Gasteiger partial charge on any atom is -0.309 e. The molecule has 6 aromatic rings. The van der Waals surface area contributed by atoms with Crippen molar-refractivity contribution in [3.05, 3.63) is 150 Å². The Hall–Kier alpha value is -4.62. The molecule has 0 saturated heterocycles. The van der Waals surface area contributed by atoms with E-state index < -0.39 is 0 Å². The molecular weight excluding hydrogens is 627 g/mol. The van der Waals surface area contributed by atoms with Gasteiger partial charge in [-0.15, -0.1) is 0 Å². The summed E-state index contributed by atoms with van der Waals surface area (Å²) in [5, 5.41) is 2.86. The standard InChI is InChI=1S/C51H51N/c1-48(2,3)35-22-25-40(26-23-35)52(46-30-36(49(4,5)6)24-27-41(46)33-14-8-7-9-15-33)45-21-11-10-18-42(45)43-19-12-16-34-17-13-20-44(47(34)43)50-31-38-28-37-29-39(32-50)51(37,38)50/h7-27,30,37-39H,28-29,31-32H2,1-6H3. The Bertz CT molecular complexity index is 2320. The molecule has 4 aliphatic rings. The summed E-state index contributed by atoms with van der Waals surface area (Å²) in [5.74, 6) is 2.91. The van der Waals surface area contributed by atoms with E-state index in [1.54, 1.807) is 5.56 Å². The zero-order chi connectivity index (χ0) is 35.6. The molecule has 0 aliphatic heterocycles. The van der Waals surface area contributed by atoms with Crippen LogP contribution in [0.25, 0.3) is 33.0 Å². The molecule has 1 nitrogen and oxygen atoms in total. The number of rotatable bonds is 6. The zero-order valence-electron chi connectivity index (χ0n) is 31.7. The highest BCUT2D eigenvalue weighted by Gasteiger charge is 2.87. The van der Waals surface area contributed by atoms with Crippen LogP contribution in [0.4, 0.5) is 17.1 Å². The van der Waals surface area contributed by atoms with Crippen LogP contribution in [0.5, 0.6) is 0 Å². The Balaban J connectivity index is 1.22. The third-order valence-corrected chi connectivity index (χ3v) is 14.2. The van der Waals surface area contributed by atoms with Crippen molar-refractivity contribution in [2.24, 2.45) is 23.2 Å². The van der Waals surface area contributed by atoms with Crippen LogP contribution in [0.2, 0.25) is 0 Å². The van der Waals surface area contributed by atoms with Crippen LogP contribution < -0.4 is 4.90 Å². The number of hydrogen-bond acceptors (Lipinski definition) is 1. The lowest BCUT2D eigenvalue weighted by atomic mass is 9.12. The summed E-state index contributed by atoms with van der Waals surface area (Å²) in [6.07, 6.45) is 5.75. The van der Waals surface area contributed by atoms with Crippen molar-refractivity contribution in [1.29, 1.82) is 0 Å². The highest BCUT2D eigenvalue weighted by atomic mass is 15.1. The summed E-state index contributed by atoms with van der Waals surface area (Å²) in [6, 6.07) is 50.9. The molecule has 4 saturated carbocycles. The lowest BCUT2D eigenvalue weighted by molar-refractivity contribution is -0.394. The van der Waals surface area contributed by atoms with Crippen LogP contribution in [0.3, 0.4) is 0 Å². The van der Waals surface area contributed by atoms with Crippen molar-refractivity contribution < 1.29 is 0 Å². The van der Waals surface area contributed by atoms with Crippen molar-refractivity contribution in [2.75, 3.05) is 4.90 Å². The van der Waals surface area contributed by atoms with Gasteiger partial charge in [-0.05, 0) is 123 Å². The second kappa shape index (κ2) is 11.0. The lowest BCUT2D eigenvalue weighted by Gasteiger charge is -2.91. The summed E-state index contributed by atoms with van der Waals surface area (Å²) in [4.78, 5) is 2.56. The summed E-state index contributed by atoms with van der Waals surface area (Å²) in [5.41, 5.74) is 14.1. The molecule has 0 radical (unpaired) electrons. The number of hydrogen-bond donors (Lipinski definition) is 0. The van der Waals surface area contributed by atoms with Gasteiger partial charge in [0.15, 0.2) is 0 Å². The molecule has 1 spiro atoms. The molecule has 2 atom stereocenters. The summed E-state index contributed by atoms with van der Waals surface area (Å²) >= 11 is 0. The minimum absolute atomic E-state index is 0.00330. The maximum Gasteiger partial charge on any atom is 0.0543 e. The first-order chi connectivity index (χ1) is 25.0. The average molecular weight is 678 g/mol. The van der Waals surface area contributed by atoms with Crippen LogP contribution in [0, 0.1) is 23.2 Å². The van der Waals surface area contributed by atoms with Crippen molar-refractivity contribution in [3.63, 3.8) is 0 Å². The highest BCUT2D eigenvalue weighted by Crippen LogP contribution is 2.93. The van der Waals surface area contributed by atoms with E-state index in [-0.39, 0.29) is 10.8 Å². The quantitative estimate of drug-likeness (QED) is 0.170. The molecule has 0 aromatic heterocycles. The van der Waals surface area contributed by atoms with E-state index in [1.165, 1.54) is 86.9 Å². The summed E-state index contributed by atoms with van der Waals surface area (Å²) < 4.78 is 0. The number of anilines is 3. The molecule has 0 heterocycles. The first-order valence-corrected chi connectivity index (χ1v) is 19.7. The van der Waals surface area contributed by atoms with Gasteiger partial charge in [-0.25, -0.2) is 0 Å². The molecule has 0 N–H and O–H groups in total. The Morgan fingerprint density at radius 1 is 0.519 bits per heavy atom. The molecular formula is C51H51N. The lowest BCUT2D eigenvalue weighted by Crippen LogP contribution is -2.87. The van der Waals surface area contributed by atoms with Crippen LogP contribution >= 0.6 is 0 Å². The molecule has 6 aromatic carbocycles. The fourth-order valence-corrected chi connectivity index (χ4v) is 11.8. The molecule has 10 rings (SSSR count). The monoisotopic (exact) mass is 677 g/mol. The first-order valence-electron chi connectivity index (χ1n) is 19.7. The number of para-hydroxylation sites is 1. The van der Waals surface area contributed by atoms with E-state index in [9.17, 15) is 0 Å². The topological polar surface area (TPSA) is 3.24 Å². The molecule has 52 heavy (non-hydrogen) atoms. The van der Waals surface area contributed by atoms with Crippen molar-refractivity contribution in [3.8, 4) is 22.3 Å². The van der Waals surface area contributed by atoms with E-state index in [1.807, 2.05) is 0 Å². The molecule has 0 amide bonds. The smallest absolute Gasteiger partial charge is 0.0543 e. The van der Waals surface area contributed by atoms with Gasteiger partial charge in [0.05, 0.1) is 11.4 Å². The van der Waals surface area contributed by atoms with Crippen molar-refractivity contribution in [1.82, 2.24) is 0 Å². The Kier molecular flexibility index (Phi) is 6.75. The third-order valence-electron chi connectivity index (χ3n) is 14.2. The second-order valence-corrected chi connectivity index (χ2v) is 18.7. The maximum atomic E-state index is 2.56. The molecule has 0 bridgehead atoms. The van der Waals surface area contributed by atoms with Gasteiger partial charge < -0.3 is 4.90 Å².